The van der Waals surface area contributed by atoms with Gasteiger partial charge in [-0.1, -0.05) is 0 Å². The highest BCUT2D eigenvalue weighted by Gasteiger charge is 2.20. The van der Waals surface area contributed by atoms with E-state index in [1.54, 1.807) is 7.11 Å². The molecule has 1 aromatic heterocycles. The highest BCUT2D eigenvalue weighted by Crippen LogP contribution is 2.22. The highest BCUT2D eigenvalue weighted by molar-refractivity contribution is 5.51. The number of nitrogens with one attached hydrogen (secondary N) is 1. The van der Waals surface area contributed by atoms with Crippen LogP contribution >= 0.6 is 0 Å². The third kappa shape index (κ3) is 4.42. The van der Waals surface area contributed by atoms with Crippen molar-refractivity contribution in [2.75, 3.05) is 61.6 Å². The Morgan fingerprint density at radius 2 is 1.89 bits per heavy atom. The summed E-state index contributed by atoms with van der Waals surface area (Å²) in [5.41, 5.74) is 1.23. The summed E-state index contributed by atoms with van der Waals surface area (Å²) in [6.07, 6.45) is 4.41. The molecule has 27 heavy (non-hydrogen) atoms. The number of hydrogen-bond acceptors (Lipinski definition) is 7. The van der Waals surface area contributed by atoms with E-state index in [1.807, 2.05) is 24.4 Å². The first-order valence-corrected chi connectivity index (χ1v) is 9.64. The van der Waals surface area contributed by atoms with Crippen LogP contribution in [0.2, 0.25) is 0 Å². The van der Waals surface area contributed by atoms with Crippen LogP contribution in [-0.2, 0) is 4.74 Å². The molecular weight excluding hydrogens is 342 g/mol. The Kier molecular flexibility index (Phi) is 5.58. The van der Waals surface area contributed by atoms with Crippen LogP contribution in [0.25, 0.3) is 0 Å². The third-order valence-electron chi connectivity index (χ3n) is 5.18. The zero-order valence-corrected chi connectivity index (χ0v) is 15.8. The predicted molar refractivity (Wildman–Crippen MR) is 107 cm³/mol. The number of nitrogens with zero attached hydrogens (tertiary/aromatic N) is 4. The molecule has 0 amide bonds. The molecule has 1 unspecified atom stereocenters. The van der Waals surface area contributed by atoms with E-state index in [4.69, 9.17) is 14.5 Å². The van der Waals surface area contributed by atoms with Gasteiger partial charge in [0.25, 0.3) is 0 Å². The Balaban J connectivity index is 1.32. The van der Waals surface area contributed by atoms with E-state index in [0.29, 0.717) is 6.10 Å². The molecule has 1 atom stereocenters. The Morgan fingerprint density at radius 1 is 1.11 bits per heavy atom. The number of aromatic nitrogens is 2. The van der Waals surface area contributed by atoms with E-state index in [9.17, 15) is 0 Å². The third-order valence-corrected chi connectivity index (χ3v) is 5.18. The van der Waals surface area contributed by atoms with Gasteiger partial charge >= 0.3 is 0 Å². The summed E-state index contributed by atoms with van der Waals surface area (Å²) in [5.74, 6) is 2.55. The Hall–Kier alpha value is -2.54. The molecule has 3 heterocycles. The normalized spacial score (nSPS) is 20.0. The summed E-state index contributed by atoms with van der Waals surface area (Å²) in [5, 5.41) is 3.39. The van der Waals surface area contributed by atoms with Crippen molar-refractivity contribution in [2.45, 2.75) is 18.9 Å². The lowest BCUT2D eigenvalue weighted by Crippen LogP contribution is -2.47. The van der Waals surface area contributed by atoms with Gasteiger partial charge in [0.05, 0.1) is 13.2 Å². The van der Waals surface area contributed by atoms with E-state index in [-0.39, 0.29) is 0 Å². The van der Waals surface area contributed by atoms with Gasteiger partial charge in [0, 0.05) is 51.2 Å². The minimum Gasteiger partial charge on any atom is -0.497 e. The SMILES string of the molecule is COc1ccc(N2CCN(c3nccc(NCC4CCCO4)n3)CC2)cc1. The van der Waals surface area contributed by atoms with Gasteiger partial charge in [-0.2, -0.15) is 4.98 Å². The quantitative estimate of drug-likeness (QED) is 0.839. The molecule has 0 aliphatic carbocycles. The molecule has 0 bridgehead atoms. The molecule has 1 aromatic carbocycles. The van der Waals surface area contributed by atoms with Gasteiger partial charge in [-0.3, -0.25) is 0 Å². The fraction of sp³-hybridized carbons (Fsp3) is 0.500. The summed E-state index contributed by atoms with van der Waals surface area (Å²) in [4.78, 5) is 13.8. The molecule has 2 fully saturated rings. The van der Waals surface area contributed by atoms with Crippen molar-refractivity contribution in [1.82, 2.24) is 9.97 Å². The average Bonchev–Trinajstić information content (AvgIpc) is 3.26. The van der Waals surface area contributed by atoms with Crippen LogP contribution in [-0.4, -0.2) is 62.5 Å². The zero-order chi connectivity index (χ0) is 18.5. The number of piperazine rings is 1. The molecule has 0 spiro atoms. The van der Waals surface area contributed by atoms with E-state index >= 15 is 0 Å². The molecule has 144 valence electrons. The van der Waals surface area contributed by atoms with E-state index in [0.717, 1.165) is 69.7 Å². The topological polar surface area (TPSA) is 62.8 Å². The van der Waals surface area contributed by atoms with Crippen molar-refractivity contribution in [1.29, 1.82) is 0 Å². The van der Waals surface area contributed by atoms with Crippen LogP contribution in [0.5, 0.6) is 5.75 Å². The summed E-state index contributed by atoms with van der Waals surface area (Å²) in [6.45, 7) is 5.39. The number of methoxy groups -OCH3 is 1. The summed E-state index contributed by atoms with van der Waals surface area (Å²) < 4.78 is 10.9. The lowest BCUT2D eigenvalue weighted by molar-refractivity contribution is 0.120. The first kappa shape index (κ1) is 17.9. The zero-order valence-electron chi connectivity index (χ0n) is 15.8. The van der Waals surface area contributed by atoms with Crippen LogP contribution in [0, 0.1) is 0 Å². The lowest BCUT2D eigenvalue weighted by Gasteiger charge is -2.36. The van der Waals surface area contributed by atoms with Crippen molar-refractivity contribution in [3.8, 4) is 5.75 Å². The fourth-order valence-electron chi connectivity index (χ4n) is 3.58. The molecular formula is C20H27N5O2. The molecule has 0 saturated carbocycles. The second-order valence-electron chi connectivity index (χ2n) is 6.93. The molecule has 4 rings (SSSR count). The summed E-state index contributed by atoms with van der Waals surface area (Å²) in [7, 11) is 1.69. The first-order valence-electron chi connectivity index (χ1n) is 9.64. The molecule has 7 nitrogen and oxygen atoms in total. The maximum absolute atomic E-state index is 5.66. The van der Waals surface area contributed by atoms with Gasteiger partial charge in [-0.25, -0.2) is 4.98 Å². The molecule has 2 aliphatic rings. The second kappa shape index (κ2) is 8.43. The van der Waals surface area contributed by atoms with Crippen LogP contribution < -0.4 is 19.9 Å². The van der Waals surface area contributed by atoms with E-state index < -0.39 is 0 Å². The van der Waals surface area contributed by atoms with Crippen LogP contribution in [0.3, 0.4) is 0 Å². The van der Waals surface area contributed by atoms with Crippen LogP contribution in [0.1, 0.15) is 12.8 Å². The van der Waals surface area contributed by atoms with Crippen LogP contribution in [0.4, 0.5) is 17.5 Å². The molecule has 1 N–H and O–H groups in total. The van der Waals surface area contributed by atoms with Gasteiger partial charge in [0.2, 0.25) is 5.95 Å². The van der Waals surface area contributed by atoms with Crippen LogP contribution in [0.15, 0.2) is 36.5 Å². The van der Waals surface area contributed by atoms with Gasteiger partial charge in [0.15, 0.2) is 0 Å². The minimum atomic E-state index is 0.302. The van der Waals surface area contributed by atoms with Crippen molar-refractivity contribution in [2.24, 2.45) is 0 Å². The minimum absolute atomic E-state index is 0.302. The predicted octanol–water partition coefficient (Wildman–Crippen LogP) is 2.40. The van der Waals surface area contributed by atoms with Gasteiger partial charge in [-0.05, 0) is 43.2 Å². The maximum atomic E-state index is 5.66. The second-order valence-corrected chi connectivity index (χ2v) is 6.93. The first-order chi connectivity index (χ1) is 13.3. The summed E-state index contributed by atoms with van der Waals surface area (Å²) in [6, 6.07) is 10.2. The Morgan fingerprint density at radius 3 is 2.59 bits per heavy atom. The monoisotopic (exact) mass is 369 g/mol. The van der Waals surface area contributed by atoms with Gasteiger partial charge < -0.3 is 24.6 Å². The number of anilines is 3. The number of ether oxygens (including phenoxy) is 2. The Labute approximate surface area is 160 Å². The Bertz CT molecular complexity index is 725. The smallest absolute Gasteiger partial charge is 0.227 e. The van der Waals surface area contributed by atoms with Gasteiger partial charge in [0.1, 0.15) is 11.6 Å². The maximum Gasteiger partial charge on any atom is 0.227 e. The molecule has 7 heteroatoms. The van der Waals surface area contributed by atoms with Crippen molar-refractivity contribution < 1.29 is 9.47 Å². The van der Waals surface area contributed by atoms with Gasteiger partial charge in [-0.15, -0.1) is 0 Å². The van der Waals surface area contributed by atoms with Crippen molar-refractivity contribution >= 4 is 17.5 Å². The number of rotatable bonds is 6. The van der Waals surface area contributed by atoms with E-state index in [1.165, 1.54) is 5.69 Å². The number of benzene rings is 1. The highest BCUT2D eigenvalue weighted by atomic mass is 16.5. The largest absolute Gasteiger partial charge is 0.497 e. The average molecular weight is 369 g/mol. The molecule has 2 saturated heterocycles. The number of hydrogen-bond donors (Lipinski definition) is 1. The molecule has 2 aromatic rings. The van der Waals surface area contributed by atoms with Crippen molar-refractivity contribution in [3.63, 3.8) is 0 Å². The fourth-order valence-corrected chi connectivity index (χ4v) is 3.58. The molecule has 2 aliphatic heterocycles. The standard InChI is InChI=1S/C20H27N5O2/c1-26-17-6-4-16(5-7-17)24-10-12-25(13-11-24)20-21-9-8-19(23-20)22-15-18-3-2-14-27-18/h4-9,18H,2-3,10-15H2,1H3,(H,21,22,23). The lowest BCUT2D eigenvalue weighted by atomic mass is 10.2. The van der Waals surface area contributed by atoms with E-state index in [2.05, 4.69) is 32.2 Å². The van der Waals surface area contributed by atoms with Crippen molar-refractivity contribution in [3.05, 3.63) is 36.5 Å². The molecule has 0 radical (unpaired) electrons. The summed E-state index contributed by atoms with van der Waals surface area (Å²) >= 11 is 0.